The van der Waals surface area contributed by atoms with E-state index in [1.807, 2.05) is 0 Å². The van der Waals surface area contributed by atoms with Crippen molar-refractivity contribution in [2.24, 2.45) is 0 Å². The Morgan fingerprint density at radius 2 is 2.42 bits per heavy atom. The van der Waals surface area contributed by atoms with Crippen LogP contribution in [0.5, 0.6) is 0 Å². The number of rotatable bonds is 1. The van der Waals surface area contributed by atoms with Crippen molar-refractivity contribution in [2.45, 2.75) is 4.90 Å². The second-order valence-electron chi connectivity index (χ2n) is 1.94. The molecule has 1 aromatic heterocycles. The first-order chi connectivity index (χ1) is 5.66. The molecule has 1 aromatic rings. The molecule has 0 spiro atoms. The molecule has 0 unspecified atom stereocenters. The summed E-state index contributed by atoms with van der Waals surface area (Å²) in [7, 11) is 0. The standard InChI is InChI=1S/C7H3ClN2OS/c8-7(11)4-1-2-10-5(3-9)6(4)12/h1-2,12H. The van der Waals surface area contributed by atoms with Gasteiger partial charge in [-0.3, -0.25) is 4.79 Å². The quantitative estimate of drug-likeness (QED) is 0.551. The lowest BCUT2D eigenvalue weighted by Crippen LogP contribution is -1.95. The lowest BCUT2D eigenvalue weighted by atomic mass is 10.2. The van der Waals surface area contributed by atoms with Gasteiger partial charge in [0, 0.05) is 6.20 Å². The van der Waals surface area contributed by atoms with Crippen molar-refractivity contribution in [3.8, 4) is 6.07 Å². The topological polar surface area (TPSA) is 53.8 Å². The summed E-state index contributed by atoms with van der Waals surface area (Å²) in [5.41, 5.74) is 0.302. The highest BCUT2D eigenvalue weighted by molar-refractivity contribution is 7.80. The van der Waals surface area contributed by atoms with Crippen LogP contribution in [0.2, 0.25) is 0 Å². The molecule has 0 aliphatic heterocycles. The van der Waals surface area contributed by atoms with Crippen LogP contribution in [-0.4, -0.2) is 10.2 Å². The molecule has 1 rings (SSSR count). The average molecular weight is 199 g/mol. The van der Waals surface area contributed by atoms with Crippen LogP contribution in [0.1, 0.15) is 16.1 Å². The molecule has 0 atom stereocenters. The Labute approximate surface area is 79.4 Å². The van der Waals surface area contributed by atoms with Crippen LogP contribution in [-0.2, 0) is 0 Å². The van der Waals surface area contributed by atoms with Gasteiger partial charge in [0.05, 0.1) is 10.5 Å². The smallest absolute Gasteiger partial charge is 0.253 e. The Bertz CT molecular complexity index is 372. The molecule has 0 N–H and O–H groups in total. The molecule has 60 valence electrons. The van der Waals surface area contributed by atoms with Gasteiger partial charge in [-0.2, -0.15) is 5.26 Å². The Balaban J connectivity index is 3.35. The zero-order valence-electron chi connectivity index (χ0n) is 5.78. The summed E-state index contributed by atoms with van der Waals surface area (Å²) in [6, 6.07) is 3.21. The van der Waals surface area contributed by atoms with E-state index in [2.05, 4.69) is 17.6 Å². The summed E-state index contributed by atoms with van der Waals surface area (Å²) < 4.78 is 0. The van der Waals surface area contributed by atoms with E-state index in [1.54, 1.807) is 6.07 Å². The van der Waals surface area contributed by atoms with E-state index in [9.17, 15) is 4.79 Å². The van der Waals surface area contributed by atoms with E-state index >= 15 is 0 Å². The van der Waals surface area contributed by atoms with E-state index in [4.69, 9.17) is 16.9 Å². The number of nitriles is 1. The van der Waals surface area contributed by atoms with Gasteiger partial charge in [-0.1, -0.05) is 0 Å². The molecule has 0 fully saturated rings. The monoisotopic (exact) mass is 198 g/mol. The van der Waals surface area contributed by atoms with Crippen molar-refractivity contribution in [1.82, 2.24) is 4.98 Å². The second-order valence-corrected chi connectivity index (χ2v) is 2.73. The normalized spacial score (nSPS) is 9.08. The second kappa shape index (κ2) is 3.57. The Kier molecular flexibility index (Phi) is 2.69. The lowest BCUT2D eigenvalue weighted by Gasteiger charge is -1.98. The van der Waals surface area contributed by atoms with Gasteiger partial charge >= 0.3 is 0 Å². The maximum absolute atomic E-state index is 10.7. The number of thiol groups is 1. The number of carbonyl (C=O) groups is 1. The number of carbonyl (C=O) groups excluding carboxylic acids is 1. The predicted molar refractivity (Wildman–Crippen MR) is 46.4 cm³/mol. The molecule has 0 aliphatic carbocycles. The van der Waals surface area contributed by atoms with Crippen molar-refractivity contribution in [3.63, 3.8) is 0 Å². The third-order valence-corrected chi connectivity index (χ3v) is 1.90. The molecule has 0 saturated carbocycles. The van der Waals surface area contributed by atoms with Gasteiger partial charge in [0.1, 0.15) is 6.07 Å². The van der Waals surface area contributed by atoms with Crippen LogP contribution in [0.4, 0.5) is 0 Å². The van der Waals surface area contributed by atoms with E-state index in [-0.39, 0.29) is 16.2 Å². The molecule has 0 saturated heterocycles. The van der Waals surface area contributed by atoms with Gasteiger partial charge < -0.3 is 0 Å². The van der Waals surface area contributed by atoms with E-state index in [0.29, 0.717) is 0 Å². The number of nitrogens with zero attached hydrogens (tertiary/aromatic N) is 2. The molecule has 1 heterocycles. The molecular weight excluding hydrogens is 196 g/mol. The Morgan fingerprint density at radius 1 is 1.75 bits per heavy atom. The lowest BCUT2D eigenvalue weighted by molar-refractivity contribution is 0.107. The van der Waals surface area contributed by atoms with Crippen LogP contribution >= 0.6 is 24.2 Å². The molecule has 0 aliphatic rings. The summed E-state index contributed by atoms with van der Waals surface area (Å²) in [5, 5.41) is 7.87. The first-order valence-corrected chi connectivity index (χ1v) is 3.77. The van der Waals surface area contributed by atoms with Gasteiger partial charge in [-0.15, -0.1) is 12.6 Å². The Hall–Kier alpha value is -1.05. The molecule has 0 radical (unpaired) electrons. The van der Waals surface area contributed by atoms with Crippen molar-refractivity contribution in [2.75, 3.05) is 0 Å². The number of halogens is 1. The van der Waals surface area contributed by atoms with Crippen LogP contribution in [0.3, 0.4) is 0 Å². The number of aromatic nitrogens is 1. The van der Waals surface area contributed by atoms with E-state index in [1.165, 1.54) is 12.3 Å². The van der Waals surface area contributed by atoms with Gasteiger partial charge in [-0.25, -0.2) is 4.98 Å². The highest BCUT2D eigenvalue weighted by atomic mass is 35.5. The van der Waals surface area contributed by atoms with Crippen molar-refractivity contribution < 1.29 is 4.79 Å². The summed E-state index contributed by atoms with van der Waals surface area (Å²) in [5.74, 6) is 0. The van der Waals surface area contributed by atoms with E-state index in [0.717, 1.165) is 0 Å². The molecule has 3 nitrogen and oxygen atoms in total. The average Bonchev–Trinajstić information content (AvgIpc) is 2.04. The zero-order chi connectivity index (χ0) is 9.14. The summed E-state index contributed by atoms with van der Waals surface area (Å²) in [4.78, 5) is 14.6. The third kappa shape index (κ3) is 1.58. The van der Waals surface area contributed by atoms with Gasteiger partial charge in [0.2, 0.25) is 0 Å². The van der Waals surface area contributed by atoms with Gasteiger partial charge in [0.25, 0.3) is 5.24 Å². The van der Waals surface area contributed by atoms with Crippen LogP contribution in [0, 0.1) is 11.3 Å². The van der Waals surface area contributed by atoms with Crippen LogP contribution < -0.4 is 0 Å². The third-order valence-electron chi connectivity index (χ3n) is 1.24. The fraction of sp³-hybridized carbons (Fsp3) is 0. The zero-order valence-corrected chi connectivity index (χ0v) is 7.43. The van der Waals surface area contributed by atoms with Crippen molar-refractivity contribution in [1.29, 1.82) is 5.26 Å². The number of hydrogen-bond acceptors (Lipinski definition) is 4. The van der Waals surface area contributed by atoms with Crippen molar-refractivity contribution in [3.05, 3.63) is 23.5 Å². The van der Waals surface area contributed by atoms with E-state index < -0.39 is 5.24 Å². The maximum atomic E-state index is 10.7. The minimum absolute atomic E-state index is 0.102. The highest BCUT2D eigenvalue weighted by Crippen LogP contribution is 2.17. The SMILES string of the molecule is N#Cc1nccc(C(=O)Cl)c1S. The number of hydrogen-bond donors (Lipinski definition) is 1. The minimum Gasteiger partial charge on any atom is -0.276 e. The highest BCUT2D eigenvalue weighted by Gasteiger charge is 2.10. The largest absolute Gasteiger partial charge is 0.276 e. The first-order valence-electron chi connectivity index (χ1n) is 2.94. The molecular formula is C7H3ClN2OS. The fourth-order valence-corrected chi connectivity index (χ4v) is 1.20. The van der Waals surface area contributed by atoms with Crippen LogP contribution in [0.25, 0.3) is 0 Å². The molecule has 0 aromatic carbocycles. The summed E-state index contributed by atoms with van der Waals surface area (Å²) in [6.07, 6.45) is 1.34. The number of pyridine rings is 1. The van der Waals surface area contributed by atoms with Gasteiger partial charge in [-0.05, 0) is 17.7 Å². The molecule has 0 bridgehead atoms. The van der Waals surface area contributed by atoms with Crippen molar-refractivity contribution >= 4 is 29.5 Å². The minimum atomic E-state index is -0.640. The fourth-order valence-electron chi connectivity index (χ4n) is 0.694. The summed E-state index contributed by atoms with van der Waals surface area (Å²) in [6.45, 7) is 0. The maximum Gasteiger partial charge on any atom is 0.253 e. The van der Waals surface area contributed by atoms with Gasteiger partial charge in [0.15, 0.2) is 5.69 Å². The molecule has 12 heavy (non-hydrogen) atoms. The Morgan fingerprint density at radius 3 is 2.92 bits per heavy atom. The first kappa shape index (κ1) is 9.04. The van der Waals surface area contributed by atoms with Crippen LogP contribution in [0.15, 0.2) is 17.2 Å². The summed E-state index contributed by atoms with van der Waals surface area (Å²) >= 11 is 9.15. The molecule has 5 heteroatoms. The predicted octanol–water partition coefficient (Wildman–Crippen LogP) is 1.62. The molecule has 0 amide bonds.